The Labute approximate surface area is 193 Å². The number of esters is 2. The Balaban J connectivity index is 1.70. The summed E-state index contributed by atoms with van der Waals surface area (Å²) < 4.78 is 31.0. The number of carbonyl (C=O) groups is 2. The first-order valence-electron chi connectivity index (χ1n) is 10.1. The molecule has 0 radical (unpaired) electrons. The molecule has 0 atom stereocenters. The highest BCUT2D eigenvalue weighted by molar-refractivity contribution is 5.87. The minimum atomic E-state index is -0.496. The zero-order valence-corrected chi connectivity index (χ0v) is 19.2. The molecule has 0 unspecified atom stereocenters. The van der Waals surface area contributed by atoms with E-state index in [4.69, 9.17) is 28.4 Å². The predicted molar refractivity (Wildman–Crippen MR) is 124 cm³/mol. The summed E-state index contributed by atoms with van der Waals surface area (Å²) in [6.07, 6.45) is 6.25. The molecule has 0 amide bonds. The summed E-state index contributed by atoms with van der Waals surface area (Å²) in [4.78, 5) is 23.7. The Morgan fingerprint density at radius 1 is 0.636 bits per heavy atom. The second-order valence-electron chi connectivity index (χ2n) is 6.58. The molecule has 2 aromatic rings. The first kappa shape index (κ1) is 25.3. The van der Waals surface area contributed by atoms with Crippen LogP contribution in [0.15, 0.2) is 48.6 Å². The normalized spacial score (nSPS) is 10.8. The van der Waals surface area contributed by atoms with Gasteiger partial charge in [0.2, 0.25) is 0 Å². The van der Waals surface area contributed by atoms with E-state index in [0.29, 0.717) is 29.4 Å². The maximum absolute atomic E-state index is 11.8. The fourth-order valence-corrected chi connectivity index (χ4v) is 2.74. The van der Waals surface area contributed by atoms with Gasteiger partial charge in [0, 0.05) is 18.6 Å². The SMILES string of the molecule is COc1ccc(/C=C/C(=O)OCCCOC(=O)/C=C/c2ccc(OC)c(OC)c2)cc1OC. The lowest BCUT2D eigenvalue weighted by molar-refractivity contribution is -0.140. The third kappa shape index (κ3) is 8.25. The molecule has 0 saturated heterocycles. The number of carbonyl (C=O) groups excluding carboxylic acids is 2. The van der Waals surface area contributed by atoms with Crippen molar-refractivity contribution in [1.82, 2.24) is 0 Å². The highest BCUT2D eigenvalue weighted by Crippen LogP contribution is 2.28. The molecule has 0 N–H and O–H groups in total. The number of hydrogen-bond acceptors (Lipinski definition) is 8. The number of ether oxygens (including phenoxy) is 6. The standard InChI is InChI=1S/C25H28O8/c1-28-20-10-6-18(16-22(20)30-3)8-12-24(26)32-14-5-15-33-25(27)13-9-19-7-11-21(29-2)23(17-19)31-4/h6-13,16-17H,5,14-15H2,1-4H3/b12-8+,13-9+. The minimum absolute atomic E-state index is 0.127. The Bertz CT molecular complexity index is 914. The van der Waals surface area contributed by atoms with E-state index >= 15 is 0 Å². The summed E-state index contributed by atoms with van der Waals surface area (Å²) in [6.45, 7) is 0.254. The zero-order valence-electron chi connectivity index (χ0n) is 19.2. The van der Waals surface area contributed by atoms with Crippen LogP contribution < -0.4 is 18.9 Å². The molecule has 0 fully saturated rings. The number of hydrogen-bond donors (Lipinski definition) is 0. The van der Waals surface area contributed by atoms with Crippen molar-refractivity contribution in [3.05, 3.63) is 59.7 Å². The Morgan fingerprint density at radius 2 is 1.03 bits per heavy atom. The van der Waals surface area contributed by atoms with Crippen molar-refractivity contribution in [3.8, 4) is 23.0 Å². The summed E-state index contributed by atoms with van der Waals surface area (Å²) in [5, 5.41) is 0. The van der Waals surface area contributed by atoms with Gasteiger partial charge >= 0.3 is 11.9 Å². The van der Waals surface area contributed by atoms with Gasteiger partial charge in [-0.3, -0.25) is 0 Å². The third-order valence-electron chi connectivity index (χ3n) is 4.42. The van der Waals surface area contributed by atoms with Crippen LogP contribution >= 0.6 is 0 Å². The van der Waals surface area contributed by atoms with Crippen LogP contribution in [0.2, 0.25) is 0 Å². The van der Waals surface area contributed by atoms with Crippen molar-refractivity contribution < 1.29 is 38.0 Å². The molecule has 2 rings (SSSR count). The third-order valence-corrected chi connectivity index (χ3v) is 4.42. The van der Waals surface area contributed by atoms with E-state index in [-0.39, 0.29) is 13.2 Å². The summed E-state index contributed by atoms with van der Waals surface area (Å²) in [5.74, 6) is 1.34. The van der Waals surface area contributed by atoms with Crippen molar-refractivity contribution in [2.75, 3.05) is 41.7 Å². The molecule has 0 aliphatic heterocycles. The molecule has 0 aliphatic rings. The maximum Gasteiger partial charge on any atom is 0.330 e. The van der Waals surface area contributed by atoms with Gasteiger partial charge in [0.05, 0.1) is 41.7 Å². The molecule has 0 spiro atoms. The first-order valence-corrected chi connectivity index (χ1v) is 10.1. The van der Waals surface area contributed by atoms with Crippen LogP contribution in [-0.2, 0) is 19.1 Å². The van der Waals surface area contributed by atoms with Gasteiger partial charge in [0.1, 0.15) is 0 Å². The smallest absolute Gasteiger partial charge is 0.330 e. The van der Waals surface area contributed by atoms with E-state index in [0.717, 1.165) is 11.1 Å². The first-order chi connectivity index (χ1) is 16.0. The number of methoxy groups -OCH3 is 4. The average Bonchev–Trinajstić information content (AvgIpc) is 2.85. The molecule has 0 saturated carbocycles. The Kier molecular flexibility index (Phi) is 10.3. The molecular weight excluding hydrogens is 428 g/mol. The largest absolute Gasteiger partial charge is 0.493 e. The number of rotatable bonds is 12. The lowest BCUT2D eigenvalue weighted by atomic mass is 10.2. The van der Waals surface area contributed by atoms with E-state index < -0.39 is 11.9 Å². The number of benzene rings is 2. The van der Waals surface area contributed by atoms with Gasteiger partial charge in [-0.15, -0.1) is 0 Å². The summed E-state index contributed by atoms with van der Waals surface area (Å²) >= 11 is 0. The highest BCUT2D eigenvalue weighted by atomic mass is 16.5. The van der Waals surface area contributed by atoms with Gasteiger partial charge in [-0.05, 0) is 47.5 Å². The second-order valence-corrected chi connectivity index (χ2v) is 6.58. The average molecular weight is 456 g/mol. The van der Waals surface area contributed by atoms with Gasteiger partial charge in [-0.25, -0.2) is 9.59 Å². The molecular formula is C25H28O8. The van der Waals surface area contributed by atoms with E-state index in [1.807, 2.05) is 0 Å². The van der Waals surface area contributed by atoms with Crippen molar-refractivity contribution in [1.29, 1.82) is 0 Å². The molecule has 0 aliphatic carbocycles. The van der Waals surface area contributed by atoms with Gasteiger partial charge < -0.3 is 28.4 Å². The quantitative estimate of drug-likeness (QED) is 0.270. The van der Waals surface area contributed by atoms with Crippen molar-refractivity contribution in [2.45, 2.75) is 6.42 Å². The molecule has 0 bridgehead atoms. The summed E-state index contributed by atoms with van der Waals surface area (Å²) in [5.41, 5.74) is 1.53. The molecule has 0 aromatic heterocycles. The second kappa shape index (κ2) is 13.5. The van der Waals surface area contributed by atoms with Crippen LogP contribution in [0.1, 0.15) is 17.5 Å². The molecule has 2 aromatic carbocycles. The fraction of sp³-hybridized carbons (Fsp3) is 0.280. The van der Waals surface area contributed by atoms with Crippen molar-refractivity contribution >= 4 is 24.1 Å². The lowest BCUT2D eigenvalue weighted by Gasteiger charge is -2.07. The minimum Gasteiger partial charge on any atom is -0.493 e. The van der Waals surface area contributed by atoms with Gasteiger partial charge in [-0.1, -0.05) is 12.1 Å². The molecule has 33 heavy (non-hydrogen) atoms. The van der Waals surface area contributed by atoms with Crippen LogP contribution in [0.25, 0.3) is 12.2 Å². The van der Waals surface area contributed by atoms with E-state index in [1.165, 1.54) is 12.2 Å². The van der Waals surface area contributed by atoms with Crippen LogP contribution in [0.4, 0.5) is 0 Å². The van der Waals surface area contributed by atoms with Crippen LogP contribution in [0, 0.1) is 0 Å². The van der Waals surface area contributed by atoms with E-state index in [9.17, 15) is 9.59 Å². The molecule has 176 valence electrons. The van der Waals surface area contributed by atoms with Gasteiger partial charge in [-0.2, -0.15) is 0 Å². The van der Waals surface area contributed by atoms with Crippen LogP contribution in [-0.4, -0.2) is 53.6 Å². The maximum atomic E-state index is 11.8. The Morgan fingerprint density at radius 3 is 1.39 bits per heavy atom. The molecule has 8 heteroatoms. The van der Waals surface area contributed by atoms with Gasteiger partial charge in [0.15, 0.2) is 23.0 Å². The summed E-state index contributed by atoms with van der Waals surface area (Å²) in [7, 11) is 6.18. The van der Waals surface area contributed by atoms with Crippen molar-refractivity contribution in [2.24, 2.45) is 0 Å². The summed E-state index contributed by atoms with van der Waals surface area (Å²) in [6, 6.07) is 10.6. The topological polar surface area (TPSA) is 89.5 Å². The monoisotopic (exact) mass is 456 g/mol. The van der Waals surface area contributed by atoms with E-state index in [1.54, 1.807) is 77.0 Å². The van der Waals surface area contributed by atoms with Crippen LogP contribution in [0.3, 0.4) is 0 Å². The fourth-order valence-electron chi connectivity index (χ4n) is 2.74. The van der Waals surface area contributed by atoms with E-state index in [2.05, 4.69) is 0 Å². The lowest BCUT2D eigenvalue weighted by Crippen LogP contribution is -2.08. The predicted octanol–water partition coefficient (Wildman–Crippen LogP) is 3.92. The molecule has 8 nitrogen and oxygen atoms in total. The van der Waals surface area contributed by atoms with Crippen LogP contribution in [0.5, 0.6) is 23.0 Å². The van der Waals surface area contributed by atoms with Crippen molar-refractivity contribution in [3.63, 3.8) is 0 Å². The van der Waals surface area contributed by atoms with Gasteiger partial charge in [0.25, 0.3) is 0 Å². The highest BCUT2D eigenvalue weighted by Gasteiger charge is 2.05. The zero-order chi connectivity index (χ0) is 24.1. The Hall–Kier alpha value is -3.94. The molecule has 0 heterocycles.